The Labute approximate surface area is 98.4 Å². The van der Waals surface area contributed by atoms with Crippen LogP contribution >= 0.6 is 15.9 Å². The average Bonchev–Trinajstić information content (AvgIpc) is 2.17. The first-order valence-electron chi connectivity index (χ1n) is 4.51. The van der Waals surface area contributed by atoms with E-state index in [1.165, 1.54) is 4.90 Å². The van der Waals surface area contributed by atoms with Crippen LogP contribution in [0, 0.1) is 19.3 Å². The highest BCUT2D eigenvalue weighted by atomic mass is 79.9. The number of amides is 1. The van der Waals surface area contributed by atoms with E-state index in [1.807, 2.05) is 19.1 Å². The number of halogens is 1. The summed E-state index contributed by atoms with van der Waals surface area (Å²) in [4.78, 5) is 13.4. The first-order chi connectivity index (χ1) is 7.06. The minimum Gasteiger partial charge on any atom is -0.331 e. The molecule has 1 aromatic rings. The third-order valence-corrected chi connectivity index (χ3v) is 2.69. The zero-order chi connectivity index (χ0) is 11.4. The van der Waals surface area contributed by atoms with Crippen LogP contribution in [0.3, 0.4) is 0 Å². The zero-order valence-corrected chi connectivity index (χ0v) is 10.3. The van der Waals surface area contributed by atoms with Crippen LogP contribution in [0.15, 0.2) is 22.7 Å². The summed E-state index contributed by atoms with van der Waals surface area (Å²) in [5.41, 5.74) is 1.75. The molecule has 1 aromatic carbocycles. The van der Waals surface area contributed by atoms with Gasteiger partial charge in [-0.3, -0.25) is 4.79 Å². The van der Waals surface area contributed by atoms with Gasteiger partial charge in [0.2, 0.25) is 0 Å². The molecule has 0 fully saturated rings. The van der Waals surface area contributed by atoms with E-state index in [0.29, 0.717) is 12.1 Å². The summed E-state index contributed by atoms with van der Waals surface area (Å²) in [6, 6.07) is 5.62. The lowest BCUT2D eigenvalue weighted by Crippen LogP contribution is -2.27. The van der Waals surface area contributed by atoms with Gasteiger partial charge in [0, 0.05) is 11.5 Å². The molecular weight excluding hydrogens is 254 g/mol. The molecule has 1 amide bonds. The average molecular weight is 266 g/mol. The minimum atomic E-state index is -0.0696. The van der Waals surface area contributed by atoms with E-state index < -0.39 is 0 Å². The molecule has 15 heavy (non-hydrogen) atoms. The second-order valence-corrected chi connectivity index (χ2v) is 4.20. The minimum absolute atomic E-state index is 0.0696. The van der Waals surface area contributed by atoms with E-state index >= 15 is 0 Å². The van der Waals surface area contributed by atoms with Gasteiger partial charge in [0.1, 0.15) is 0 Å². The Morgan fingerprint density at radius 1 is 1.60 bits per heavy atom. The van der Waals surface area contributed by atoms with E-state index in [9.17, 15) is 4.79 Å². The standard InChI is InChI=1S/C12H12BrNO/c1-4-7-14(3)12(15)10-6-5-9(2)8-11(10)13/h1,5-6,8H,7H2,2-3H3. The number of hydrogen-bond acceptors (Lipinski definition) is 1. The molecular formula is C12H12BrNO. The number of hydrogen-bond donors (Lipinski definition) is 0. The van der Waals surface area contributed by atoms with E-state index in [-0.39, 0.29) is 5.91 Å². The third kappa shape index (κ3) is 2.84. The van der Waals surface area contributed by atoms with Crippen LogP contribution < -0.4 is 0 Å². The molecule has 0 heterocycles. The largest absolute Gasteiger partial charge is 0.331 e. The van der Waals surface area contributed by atoms with E-state index in [1.54, 1.807) is 13.1 Å². The monoisotopic (exact) mass is 265 g/mol. The molecule has 0 saturated carbocycles. The maximum atomic E-state index is 11.9. The first-order valence-corrected chi connectivity index (χ1v) is 5.30. The van der Waals surface area contributed by atoms with Crippen molar-refractivity contribution in [3.05, 3.63) is 33.8 Å². The van der Waals surface area contributed by atoms with Crippen molar-refractivity contribution in [1.29, 1.82) is 0 Å². The van der Waals surface area contributed by atoms with Crippen molar-refractivity contribution in [2.45, 2.75) is 6.92 Å². The van der Waals surface area contributed by atoms with Crippen molar-refractivity contribution in [2.75, 3.05) is 13.6 Å². The fourth-order valence-electron chi connectivity index (χ4n) is 1.21. The maximum Gasteiger partial charge on any atom is 0.255 e. The highest BCUT2D eigenvalue weighted by Gasteiger charge is 2.13. The summed E-state index contributed by atoms with van der Waals surface area (Å²) < 4.78 is 0.802. The summed E-state index contributed by atoms with van der Waals surface area (Å²) in [6.07, 6.45) is 5.15. The third-order valence-electron chi connectivity index (χ3n) is 2.03. The van der Waals surface area contributed by atoms with Crippen molar-refractivity contribution < 1.29 is 4.79 Å². The molecule has 0 aliphatic rings. The van der Waals surface area contributed by atoms with Crippen molar-refractivity contribution in [3.8, 4) is 12.3 Å². The fourth-order valence-corrected chi connectivity index (χ4v) is 1.87. The molecule has 3 heteroatoms. The summed E-state index contributed by atoms with van der Waals surface area (Å²) >= 11 is 3.37. The van der Waals surface area contributed by atoms with Gasteiger partial charge in [0.05, 0.1) is 12.1 Å². The smallest absolute Gasteiger partial charge is 0.255 e. The Hall–Kier alpha value is -1.27. The maximum absolute atomic E-state index is 11.9. The molecule has 0 aliphatic heterocycles. The Morgan fingerprint density at radius 2 is 2.27 bits per heavy atom. The second-order valence-electron chi connectivity index (χ2n) is 3.35. The topological polar surface area (TPSA) is 20.3 Å². The summed E-state index contributed by atoms with van der Waals surface area (Å²) in [7, 11) is 1.69. The van der Waals surface area contributed by atoms with Gasteiger partial charge < -0.3 is 4.90 Å². The Morgan fingerprint density at radius 3 is 2.80 bits per heavy atom. The molecule has 78 valence electrons. The molecule has 2 nitrogen and oxygen atoms in total. The van der Waals surface area contributed by atoms with Gasteiger partial charge in [0.15, 0.2) is 0 Å². The normalized spacial score (nSPS) is 9.47. The molecule has 0 N–H and O–H groups in total. The lowest BCUT2D eigenvalue weighted by molar-refractivity contribution is 0.0811. The Balaban J connectivity index is 2.97. The number of aryl methyl sites for hydroxylation is 1. The van der Waals surface area contributed by atoms with Crippen LogP contribution in [0.25, 0.3) is 0 Å². The molecule has 0 unspecified atom stereocenters. The van der Waals surface area contributed by atoms with Crippen LogP contribution in [0.2, 0.25) is 0 Å². The van der Waals surface area contributed by atoms with Gasteiger partial charge >= 0.3 is 0 Å². The van der Waals surface area contributed by atoms with Crippen molar-refractivity contribution >= 4 is 21.8 Å². The fraction of sp³-hybridized carbons (Fsp3) is 0.250. The van der Waals surface area contributed by atoms with Crippen molar-refractivity contribution in [2.24, 2.45) is 0 Å². The highest BCUT2D eigenvalue weighted by molar-refractivity contribution is 9.10. The van der Waals surface area contributed by atoms with E-state index in [2.05, 4.69) is 21.9 Å². The van der Waals surface area contributed by atoms with Gasteiger partial charge in [0.25, 0.3) is 5.91 Å². The van der Waals surface area contributed by atoms with Crippen LogP contribution in [0.1, 0.15) is 15.9 Å². The van der Waals surface area contributed by atoms with Crippen molar-refractivity contribution in [1.82, 2.24) is 4.90 Å². The Kier molecular flexibility index (Phi) is 3.93. The van der Waals surface area contributed by atoms with Gasteiger partial charge in [-0.05, 0) is 40.5 Å². The summed E-state index contributed by atoms with van der Waals surface area (Å²) in [5.74, 6) is 2.37. The summed E-state index contributed by atoms with van der Waals surface area (Å²) in [6.45, 7) is 2.29. The molecule has 0 aromatic heterocycles. The number of nitrogens with zero attached hydrogens (tertiary/aromatic N) is 1. The van der Waals surface area contributed by atoms with Crippen LogP contribution in [0.4, 0.5) is 0 Å². The summed E-state index contributed by atoms with van der Waals surface area (Å²) in [5, 5.41) is 0. The predicted molar refractivity (Wildman–Crippen MR) is 64.7 cm³/mol. The molecule has 0 radical (unpaired) electrons. The number of rotatable bonds is 2. The van der Waals surface area contributed by atoms with E-state index in [0.717, 1.165) is 10.0 Å². The number of carbonyl (C=O) groups excluding carboxylic acids is 1. The predicted octanol–water partition coefficient (Wildman–Crippen LogP) is 2.46. The zero-order valence-electron chi connectivity index (χ0n) is 8.75. The van der Waals surface area contributed by atoms with Gasteiger partial charge in [-0.25, -0.2) is 0 Å². The Bertz CT molecular complexity index is 420. The molecule has 1 rings (SSSR count). The number of carbonyl (C=O) groups is 1. The SMILES string of the molecule is C#CCN(C)C(=O)c1ccc(C)cc1Br. The van der Waals surface area contributed by atoms with Crippen LogP contribution in [0.5, 0.6) is 0 Å². The van der Waals surface area contributed by atoms with Gasteiger partial charge in [-0.2, -0.15) is 0 Å². The molecule has 0 spiro atoms. The lowest BCUT2D eigenvalue weighted by atomic mass is 10.1. The van der Waals surface area contributed by atoms with Crippen LogP contribution in [-0.2, 0) is 0 Å². The molecule has 0 atom stereocenters. The number of benzene rings is 1. The van der Waals surface area contributed by atoms with Gasteiger partial charge in [-0.1, -0.05) is 12.0 Å². The first kappa shape index (κ1) is 11.8. The molecule has 0 aliphatic carbocycles. The lowest BCUT2D eigenvalue weighted by Gasteiger charge is -2.14. The second kappa shape index (κ2) is 4.99. The van der Waals surface area contributed by atoms with E-state index in [4.69, 9.17) is 6.42 Å². The van der Waals surface area contributed by atoms with Crippen molar-refractivity contribution in [3.63, 3.8) is 0 Å². The molecule has 0 bridgehead atoms. The van der Waals surface area contributed by atoms with Crippen LogP contribution in [-0.4, -0.2) is 24.4 Å². The van der Waals surface area contributed by atoms with Gasteiger partial charge in [-0.15, -0.1) is 6.42 Å². The molecule has 0 saturated heterocycles. The quantitative estimate of drug-likeness (QED) is 0.753. The number of terminal acetylenes is 1. The highest BCUT2D eigenvalue weighted by Crippen LogP contribution is 2.19.